The molecule has 0 radical (unpaired) electrons. The van der Waals surface area contributed by atoms with E-state index in [2.05, 4.69) is 5.32 Å². The molecule has 0 spiro atoms. The highest BCUT2D eigenvalue weighted by Gasteiger charge is 2.29. The fourth-order valence-electron chi connectivity index (χ4n) is 1.91. The minimum Gasteiger partial charge on any atom is -0.296 e. The van der Waals surface area contributed by atoms with E-state index in [-0.39, 0.29) is 18.1 Å². The molecule has 3 nitrogen and oxygen atoms in total. The molecule has 0 aliphatic carbocycles. The van der Waals surface area contributed by atoms with Crippen LogP contribution in [0.4, 0.5) is 4.39 Å². The van der Waals surface area contributed by atoms with Crippen LogP contribution in [0.2, 0.25) is 0 Å². The lowest BCUT2D eigenvalue weighted by Gasteiger charge is -2.21. The molecule has 0 aromatic heterocycles. The molecule has 1 fully saturated rings. The second kappa shape index (κ2) is 6.28. The molecule has 1 atom stereocenters. The molecular weight excluding hydrogens is 233 g/mol. The van der Waals surface area contributed by atoms with Crippen LogP contribution in [-0.2, 0) is 9.59 Å². The predicted molar refractivity (Wildman–Crippen MR) is 67.6 cm³/mol. The highest BCUT2D eigenvalue weighted by molar-refractivity contribution is 6.00. The van der Waals surface area contributed by atoms with Gasteiger partial charge in [0.2, 0.25) is 11.8 Å². The molecule has 0 saturated carbocycles. The zero-order valence-corrected chi connectivity index (χ0v) is 10.9. The van der Waals surface area contributed by atoms with Crippen molar-refractivity contribution in [2.75, 3.05) is 0 Å². The summed E-state index contributed by atoms with van der Waals surface area (Å²) >= 11 is 0. The Morgan fingerprint density at radius 3 is 2.50 bits per heavy atom. The number of halogens is 1. The van der Waals surface area contributed by atoms with Crippen molar-refractivity contribution < 1.29 is 14.0 Å². The van der Waals surface area contributed by atoms with Crippen LogP contribution >= 0.6 is 0 Å². The number of carbonyl (C=O) groups excluding carboxylic acids is 2. The second-order valence-electron chi connectivity index (χ2n) is 4.03. The molecule has 1 saturated heterocycles. The number of carbonyl (C=O) groups is 2. The van der Waals surface area contributed by atoms with Crippen molar-refractivity contribution in [3.8, 4) is 0 Å². The zero-order valence-electron chi connectivity index (χ0n) is 10.9. The molecule has 4 heteroatoms. The van der Waals surface area contributed by atoms with E-state index in [0.717, 1.165) is 5.56 Å². The normalized spacial score (nSPS) is 18.8. The minimum absolute atomic E-state index is 0.268. The monoisotopic (exact) mass is 251 g/mol. The third-order valence-corrected chi connectivity index (χ3v) is 2.77. The van der Waals surface area contributed by atoms with Gasteiger partial charge in [0.15, 0.2) is 0 Å². The second-order valence-corrected chi connectivity index (χ2v) is 4.03. The molecule has 1 aromatic carbocycles. The van der Waals surface area contributed by atoms with Gasteiger partial charge in [-0.2, -0.15) is 0 Å². The van der Waals surface area contributed by atoms with Crippen molar-refractivity contribution in [2.24, 2.45) is 0 Å². The van der Waals surface area contributed by atoms with E-state index in [9.17, 15) is 14.0 Å². The summed E-state index contributed by atoms with van der Waals surface area (Å²) in [4.78, 5) is 22.5. The number of piperidine rings is 1. The van der Waals surface area contributed by atoms with Crippen LogP contribution < -0.4 is 5.32 Å². The predicted octanol–water partition coefficient (Wildman–Crippen LogP) is 2.68. The van der Waals surface area contributed by atoms with Crippen molar-refractivity contribution in [1.29, 1.82) is 0 Å². The first-order valence-corrected chi connectivity index (χ1v) is 6.17. The zero-order chi connectivity index (χ0) is 13.7. The summed E-state index contributed by atoms with van der Waals surface area (Å²) in [5, 5.41) is 2.23. The van der Waals surface area contributed by atoms with Crippen LogP contribution in [0.5, 0.6) is 0 Å². The Labute approximate surface area is 106 Å². The molecule has 1 heterocycles. The van der Waals surface area contributed by atoms with Gasteiger partial charge >= 0.3 is 0 Å². The summed E-state index contributed by atoms with van der Waals surface area (Å²) in [6.45, 7) is 5.79. The maximum atomic E-state index is 13.6. The van der Waals surface area contributed by atoms with Crippen LogP contribution in [0.1, 0.15) is 43.7 Å². The van der Waals surface area contributed by atoms with Crippen molar-refractivity contribution in [1.82, 2.24) is 5.32 Å². The van der Waals surface area contributed by atoms with Gasteiger partial charge in [0.25, 0.3) is 0 Å². The number of benzene rings is 1. The van der Waals surface area contributed by atoms with Crippen molar-refractivity contribution >= 4 is 11.8 Å². The SMILES string of the molecule is CC.Cc1ccc(C2CCC(=O)NC2=O)c(F)c1. The topological polar surface area (TPSA) is 46.2 Å². The van der Waals surface area contributed by atoms with Crippen LogP contribution in [0, 0.1) is 12.7 Å². The van der Waals surface area contributed by atoms with E-state index in [1.807, 2.05) is 13.8 Å². The number of imide groups is 1. The summed E-state index contributed by atoms with van der Waals surface area (Å²) in [7, 11) is 0. The fourth-order valence-corrected chi connectivity index (χ4v) is 1.91. The maximum absolute atomic E-state index is 13.6. The number of aryl methyl sites for hydroxylation is 1. The number of rotatable bonds is 1. The van der Waals surface area contributed by atoms with Crippen LogP contribution in [0.15, 0.2) is 18.2 Å². The highest BCUT2D eigenvalue weighted by atomic mass is 19.1. The van der Waals surface area contributed by atoms with Gasteiger partial charge in [0, 0.05) is 12.0 Å². The van der Waals surface area contributed by atoms with Gasteiger partial charge < -0.3 is 0 Å². The van der Waals surface area contributed by atoms with Gasteiger partial charge in [-0.25, -0.2) is 4.39 Å². The average molecular weight is 251 g/mol. The first kappa shape index (κ1) is 14.4. The molecule has 2 rings (SSSR count). The number of hydrogen-bond donors (Lipinski definition) is 1. The Morgan fingerprint density at radius 2 is 1.94 bits per heavy atom. The van der Waals surface area contributed by atoms with Gasteiger partial charge in [-0.15, -0.1) is 0 Å². The van der Waals surface area contributed by atoms with Crippen molar-refractivity contribution in [3.05, 3.63) is 35.1 Å². The lowest BCUT2D eigenvalue weighted by molar-refractivity contribution is -0.134. The Morgan fingerprint density at radius 1 is 1.28 bits per heavy atom. The lowest BCUT2D eigenvalue weighted by Crippen LogP contribution is -2.39. The molecule has 98 valence electrons. The number of hydrogen-bond acceptors (Lipinski definition) is 2. The van der Waals surface area contributed by atoms with E-state index >= 15 is 0 Å². The average Bonchev–Trinajstić information content (AvgIpc) is 2.33. The van der Waals surface area contributed by atoms with Crippen LogP contribution in [-0.4, -0.2) is 11.8 Å². The van der Waals surface area contributed by atoms with E-state index in [0.29, 0.717) is 12.0 Å². The Hall–Kier alpha value is -1.71. The summed E-state index contributed by atoms with van der Waals surface area (Å²) in [5.74, 6) is -1.61. The Kier molecular flexibility index (Phi) is 5.01. The molecule has 1 aromatic rings. The third kappa shape index (κ3) is 3.15. The van der Waals surface area contributed by atoms with Gasteiger partial charge in [-0.05, 0) is 25.0 Å². The first-order chi connectivity index (χ1) is 8.58. The minimum atomic E-state index is -0.543. The largest absolute Gasteiger partial charge is 0.296 e. The van der Waals surface area contributed by atoms with E-state index in [1.165, 1.54) is 6.07 Å². The molecule has 0 bridgehead atoms. The smallest absolute Gasteiger partial charge is 0.234 e. The van der Waals surface area contributed by atoms with Crippen molar-refractivity contribution in [2.45, 2.75) is 39.5 Å². The third-order valence-electron chi connectivity index (χ3n) is 2.77. The van der Waals surface area contributed by atoms with Gasteiger partial charge in [0.05, 0.1) is 5.92 Å². The summed E-state index contributed by atoms with van der Waals surface area (Å²) in [6.07, 6.45) is 0.647. The summed E-state index contributed by atoms with van der Waals surface area (Å²) in [5.41, 5.74) is 1.18. The molecule has 1 unspecified atom stereocenters. The molecular formula is C14H18FNO2. The lowest BCUT2D eigenvalue weighted by atomic mass is 9.90. The fraction of sp³-hybridized carbons (Fsp3) is 0.429. The standard InChI is InChI=1S/C12H12FNO2.C2H6/c1-7-2-3-8(10(13)6-7)9-4-5-11(15)14-12(9)16;1-2/h2-3,6,9H,4-5H2,1H3,(H,14,15,16);1-2H3. The van der Waals surface area contributed by atoms with Gasteiger partial charge in [-0.1, -0.05) is 26.0 Å². The quantitative estimate of drug-likeness (QED) is 0.780. The molecule has 1 N–H and O–H groups in total. The van der Waals surface area contributed by atoms with E-state index in [1.54, 1.807) is 19.1 Å². The molecule has 18 heavy (non-hydrogen) atoms. The number of amides is 2. The van der Waals surface area contributed by atoms with Gasteiger partial charge in [-0.3, -0.25) is 14.9 Å². The molecule has 1 aliphatic heterocycles. The van der Waals surface area contributed by atoms with E-state index < -0.39 is 11.8 Å². The summed E-state index contributed by atoms with van der Waals surface area (Å²) < 4.78 is 13.6. The molecule has 2 amide bonds. The van der Waals surface area contributed by atoms with Crippen molar-refractivity contribution in [3.63, 3.8) is 0 Å². The van der Waals surface area contributed by atoms with E-state index in [4.69, 9.17) is 0 Å². The first-order valence-electron chi connectivity index (χ1n) is 6.17. The number of nitrogens with one attached hydrogen (secondary N) is 1. The Balaban J connectivity index is 0.000000771. The molecule has 1 aliphatic rings. The Bertz CT molecular complexity index is 457. The van der Waals surface area contributed by atoms with Crippen LogP contribution in [0.3, 0.4) is 0 Å². The highest BCUT2D eigenvalue weighted by Crippen LogP contribution is 2.27. The summed E-state index contributed by atoms with van der Waals surface area (Å²) in [6, 6.07) is 4.78. The van der Waals surface area contributed by atoms with Gasteiger partial charge in [0.1, 0.15) is 5.82 Å². The van der Waals surface area contributed by atoms with Crippen LogP contribution in [0.25, 0.3) is 0 Å². The maximum Gasteiger partial charge on any atom is 0.234 e.